The Labute approximate surface area is 481 Å². The van der Waals surface area contributed by atoms with Gasteiger partial charge in [0.25, 0.3) is 26.1 Å². The van der Waals surface area contributed by atoms with Crippen LogP contribution in [0.15, 0.2) is 169 Å². The zero-order valence-corrected chi connectivity index (χ0v) is 47.7. The molecule has 0 spiro atoms. The fourth-order valence-corrected chi connectivity index (χ4v) is 9.34. The molecule has 0 atom stereocenters. The molecule has 0 fully saturated rings. The van der Waals surface area contributed by atoms with Gasteiger partial charge in [-0.3, -0.25) is 18.9 Å². The van der Waals surface area contributed by atoms with Crippen molar-refractivity contribution in [3.8, 4) is 23.0 Å². The molecule has 75 heavy (non-hydrogen) atoms. The second-order valence-electron chi connectivity index (χ2n) is 15.9. The van der Waals surface area contributed by atoms with E-state index in [-0.39, 0.29) is 109 Å². The summed E-state index contributed by atoms with van der Waals surface area (Å²) in [5, 5.41) is 58.5. The van der Waals surface area contributed by atoms with Crippen LogP contribution in [-0.2, 0) is 20.2 Å². The van der Waals surface area contributed by atoms with Crippen molar-refractivity contribution in [2.75, 3.05) is 18.5 Å². The Kier molecular flexibility index (Phi) is 19.3. The summed E-state index contributed by atoms with van der Waals surface area (Å²) in [4.78, 5) is 16.4. The molecule has 0 aromatic heterocycles. The normalized spacial score (nSPS) is 11.9. The summed E-state index contributed by atoms with van der Waals surface area (Å²) in [7, 11) is -9.07. The number of nitrogens with one attached hydrogen (secondary N) is 1. The number of hydrogen-bond donors (Lipinski definition) is 4. The summed E-state index contributed by atoms with van der Waals surface area (Å²) in [5.41, 5.74) is 0.651. The molecule has 0 heterocycles. The standard InChI is InChI=1S/2C26H22ClN3O6S.Ba/c2*1-3-36-18-9-6-8-17(13-18)28-26(32)20-12-16-7-4-5-10-19(16)24(25(20)31)30-29-22-14-23(37(33,34)35)15(2)11-21(22)27;/h2*4-14,31H,3H2,1-2H3,(H,28,32)(H,33,34,35);/q;;+2/p-2. The molecule has 8 aromatic rings. The molecule has 0 unspecified atom stereocenters. The predicted molar refractivity (Wildman–Crippen MR) is 284 cm³/mol. The van der Waals surface area contributed by atoms with Crippen molar-refractivity contribution in [2.45, 2.75) is 37.5 Å². The van der Waals surface area contributed by atoms with Gasteiger partial charge < -0.3 is 30.1 Å². The number of hydrogen-bond acceptors (Lipinski definition) is 15. The molecule has 0 radical (unpaired) electrons. The molecule has 8 aromatic carbocycles. The molecule has 23 heteroatoms. The van der Waals surface area contributed by atoms with Gasteiger partial charge in [-0.25, -0.2) is 0 Å². The van der Waals surface area contributed by atoms with Crippen LogP contribution in [0, 0.1) is 13.8 Å². The van der Waals surface area contributed by atoms with Gasteiger partial charge in [0.05, 0.1) is 50.0 Å². The van der Waals surface area contributed by atoms with Crippen LogP contribution in [0.3, 0.4) is 0 Å². The van der Waals surface area contributed by atoms with Crippen LogP contribution in [0.2, 0.25) is 10.0 Å². The van der Waals surface area contributed by atoms with Crippen LogP contribution < -0.4 is 25.0 Å². The third-order valence-electron chi connectivity index (χ3n) is 10.8. The molecular weight excluding hydrogens is 1170 g/mol. The smallest absolute Gasteiger partial charge is 0.871 e. The average Bonchev–Trinajstić information content (AvgIpc) is 3.34. The third kappa shape index (κ3) is 14.1. The fourth-order valence-electron chi connectivity index (χ4n) is 7.38. The number of benzene rings is 8. The molecule has 0 aliphatic rings. The van der Waals surface area contributed by atoms with Crippen molar-refractivity contribution in [3.05, 3.63) is 166 Å². The van der Waals surface area contributed by atoms with Gasteiger partial charge in [0, 0.05) is 28.6 Å². The van der Waals surface area contributed by atoms with Crippen molar-refractivity contribution < 1.29 is 55.5 Å². The van der Waals surface area contributed by atoms with E-state index in [2.05, 4.69) is 30.8 Å². The number of fused-ring (bicyclic) bond motifs is 2. The number of nitrogens with zero attached hydrogens (tertiary/aromatic N) is 5. The van der Waals surface area contributed by atoms with Crippen LogP contribution in [0.5, 0.6) is 23.0 Å². The fraction of sp³-hybridized carbons (Fsp3) is 0.115. The van der Waals surface area contributed by atoms with E-state index in [0.717, 1.165) is 12.1 Å². The summed E-state index contributed by atoms with van der Waals surface area (Å²) in [6.07, 6.45) is 0. The number of phenols is 1. The molecule has 0 aliphatic carbocycles. The number of phenolic OH excluding ortho intramolecular Hbond substituents is 1. The van der Waals surface area contributed by atoms with Crippen LogP contribution in [0.1, 0.15) is 40.9 Å². The number of amides is 1. The number of azo groups is 2. The van der Waals surface area contributed by atoms with E-state index in [1.807, 2.05) is 13.8 Å². The van der Waals surface area contributed by atoms with Crippen molar-refractivity contribution in [1.29, 1.82) is 0 Å². The molecule has 0 saturated carbocycles. The van der Waals surface area contributed by atoms with Crippen molar-refractivity contribution in [3.63, 3.8) is 0 Å². The number of ether oxygens (including phenoxy) is 2. The van der Waals surface area contributed by atoms with E-state index in [9.17, 15) is 46.1 Å². The Hall–Kier alpha value is -6.41. The zero-order valence-electron chi connectivity index (χ0n) is 40.1. The molecule has 0 saturated heterocycles. The minimum Gasteiger partial charge on any atom is -0.871 e. The van der Waals surface area contributed by atoms with Gasteiger partial charge in [0.15, 0.2) is 5.75 Å². The largest absolute Gasteiger partial charge is 2.00 e. The summed E-state index contributed by atoms with van der Waals surface area (Å²) in [6, 6.07) is 34.9. The van der Waals surface area contributed by atoms with E-state index in [1.165, 1.54) is 38.1 Å². The first-order valence-corrected chi connectivity index (χ1v) is 25.7. The van der Waals surface area contributed by atoms with Gasteiger partial charge in [-0.1, -0.05) is 89.6 Å². The molecule has 1 amide bonds. The SMILES string of the molecule is CCOc1cccc(N=C([O-])c2cc3ccccc3c(N=Nc3cc(S(=O)(=O)O)c(C)cc3Cl)c2[O-])c1.CCOc1cccc(NC(=O)c2cc3ccccc3c(N=Nc3cc(S(=O)(=O)O)c(C)cc3Cl)c2O)c1.[Ba+2]. The summed E-state index contributed by atoms with van der Waals surface area (Å²) >= 11 is 12.4. The van der Waals surface area contributed by atoms with Crippen LogP contribution in [0.4, 0.5) is 34.1 Å². The molecule has 18 nitrogen and oxygen atoms in total. The summed E-state index contributed by atoms with van der Waals surface area (Å²) < 4.78 is 76.6. The third-order valence-corrected chi connectivity index (χ3v) is 13.4. The Balaban J connectivity index is 0.000000241. The molecular formula is C52H42BaCl2N6O12S2. The number of aryl methyl sites for hydroxylation is 2. The predicted octanol–water partition coefficient (Wildman–Crippen LogP) is 11.8. The van der Waals surface area contributed by atoms with Gasteiger partial charge in [0.1, 0.15) is 28.6 Å². The molecule has 4 N–H and O–H groups in total. The van der Waals surface area contributed by atoms with Gasteiger partial charge in [-0.2, -0.15) is 21.9 Å². The Bertz CT molecular complexity index is 3830. The van der Waals surface area contributed by atoms with Gasteiger partial charge in [-0.05, 0) is 122 Å². The summed E-state index contributed by atoms with van der Waals surface area (Å²) in [6.45, 7) is 7.52. The van der Waals surface area contributed by atoms with Crippen LogP contribution in [0.25, 0.3) is 21.5 Å². The van der Waals surface area contributed by atoms with Crippen molar-refractivity contribution >= 4 is 160 Å². The van der Waals surface area contributed by atoms with Gasteiger partial charge >= 0.3 is 48.9 Å². The maximum atomic E-state index is 13.3. The number of aliphatic imine (C=N–C) groups is 1. The number of aromatic hydroxyl groups is 1. The number of anilines is 1. The van der Waals surface area contributed by atoms with Crippen molar-refractivity contribution in [1.82, 2.24) is 0 Å². The van der Waals surface area contributed by atoms with Crippen LogP contribution in [-0.4, -0.2) is 105 Å². The molecule has 380 valence electrons. The van der Waals surface area contributed by atoms with E-state index >= 15 is 0 Å². The Morgan fingerprint density at radius 1 is 0.627 bits per heavy atom. The topological polar surface area (TPSA) is 284 Å². The van der Waals surface area contributed by atoms with Gasteiger partial charge in [-0.15, -0.1) is 15.3 Å². The monoisotopic (exact) mass is 1210 g/mol. The quantitative estimate of drug-likeness (QED) is 0.0260. The first-order chi connectivity index (χ1) is 35.2. The number of halogens is 2. The number of rotatable bonds is 14. The average molecular weight is 1220 g/mol. The molecule has 0 aliphatic heterocycles. The first-order valence-electron chi connectivity index (χ1n) is 22.1. The second-order valence-corrected chi connectivity index (χ2v) is 19.5. The number of carbonyl (C=O) groups is 1. The second kappa shape index (κ2) is 25.0. The first kappa shape index (κ1) is 57.9. The number of carbonyl (C=O) groups excluding carboxylic acids is 1. The summed E-state index contributed by atoms with van der Waals surface area (Å²) in [5.74, 6) is -1.39. The Morgan fingerprint density at radius 2 is 1.11 bits per heavy atom. The minimum absolute atomic E-state index is 0. The van der Waals surface area contributed by atoms with Gasteiger partial charge in [0.2, 0.25) is 0 Å². The molecule has 0 bridgehead atoms. The van der Waals surface area contributed by atoms with E-state index < -0.39 is 48.4 Å². The maximum Gasteiger partial charge on any atom is 2.00 e. The van der Waals surface area contributed by atoms with E-state index in [1.54, 1.807) is 97.1 Å². The zero-order chi connectivity index (χ0) is 53.5. The maximum absolute atomic E-state index is 13.3. The minimum atomic E-state index is -4.54. The Morgan fingerprint density at radius 3 is 1.64 bits per heavy atom. The van der Waals surface area contributed by atoms with Crippen molar-refractivity contribution in [2.24, 2.45) is 25.4 Å². The van der Waals surface area contributed by atoms with Crippen LogP contribution >= 0.6 is 23.2 Å². The van der Waals surface area contributed by atoms with E-state index in [0.29, 0.717) is 57.6 Å². The molecule has 8 rings (SSSR count). The van der Waals surface area contributed by atoms with E-state index in [4.69, 9.17) is 32.7 Å².